The molecule has 0 aliphatic carbocycles. The van der Waals surface area contributed by atoms with E-state index in [-0.39, 0.29) is 5.41 Å². The number of aromatic nitrogens is 2. The Bertz CT molecular complexity index is 422. The predicted octanol–water partition coefficient (Wildman–Crippen LogP) is 3.48. The molecule has 0 aliphatic heterocycles. The van der Waals surface area contributed by atoms with Crippen LogP contribution in [0.2, 0.25) is 0 Å². The summed E-state index contributed by atoms with van der Waals surface area (Å²) in [6, 6.07) is 2.02. The molecule has 0 fully saturated rings. The first kappa shape index (κ1) is 15.9. The molecule has 0 aromatic carbocycles. The zero-order valence-electron chi connectivity index (χ0n) is 13.3. The van der Waals surface area contributed by atoms with E-state index in [9.17, 15) is 0 Å². The van der Waals surface area contributed by atoms with E-state index in [2.05, 4.69) is 38.0 Å². The normalized spacial score (nSPS) is 12.6. The molecule has 0 unspecified atom stereocenters. The van der Waals surface area contributed by atoms with Gasteiger partial charge in [0.15, 0.2) is 5.82 Å². The largest absolute Gasteiger partial charge is 0.370 e. The van der Waals surface area contributed by atoms with Crippen molar-refractivity contribution in [3.63, 3.8) is 0 Å². The van der Waals surface area contributed by atoms with E-state index in [0.717, 1.165) is 23.9 Å². The molecule has 1 heterocycles. The Balaban J connectivity index is 3.28. The third-order valence-electron chi connectivity index (χ3n) is 2.90. The molecule has 1 aromatic rings. The van der Waals surface area contributed by atoms with E-state index in [1.165, 1.54) is 0 Å². The number of ether oxygens (including phenoxy) is 1. The molecular weight excluding hydrogens is 238 g/mol. The Labute approximate surface area is 117 Å². The molecule has 0 amide bonds. The van der Waals surface area contributed by atoms with Gasteiger partial charge in [-0.25, -0.2) is 9.97 Å². The van der Waals surface area contributed by atoms with E-state index >= 15 is 0 Å². The van der Waals surface area contributed by atoms with Crippen molar-refractivity contribution in [1.29, 1.82) is 0 Å². The Morgan fingerprint density at radius 2 is 1.74 bits per heavy atom. The topological polar surface area (TPSA) is 47.0 Å². The molecule has 0 saturated heterocycles. The maximum Gasteiger partial charge on any atom is 0.162 e. The van der Waals surface area contributed by atoms with Crippen molar-refractivity contribution in [3.8, 4) is 0 Å². The van der Waals surface area contributed by atoms with Crippen LogP contribution in [-0.4, -0.2) is 23.1 Å². The van der Waals surface area contributed by atoms with Crippen LogP contribution in [0.5, 0.6) is 0 Å². The summed E-state index contributed by atoms with van der Waals surface area (Å²) in [7, 11) is 0. The first-order valence-corrected chi connectivity index (χ1v) is 6.98. The molecule has 108 valence electrons. The highest BCUT2D eigenvalue weighted by Gasteiger charge is 2.27. The summed E-state index contributed by atoms with van der Waals surface area (Å²) in [6.07, 6.45) is 0. The van der Waals surface area contributed by atoms with Crippen molar-refractivity contribution in [3.05, 3.63) is 17.6 Å². The van der Waals surface area contributed by atoms with Crippen molar-refractivity contribution in [2.24, 2.45) is 0 Å². The van der Waals surface area contributed by atoms with Crippen LogP contribution in [0.1, 0.15) is 60.0 Å². The molecular formula is C15H27N3O. The molecule has 0 saturated carbocycles. The number of hydrogen-bond acceptors (Lipinski definition) is 4. The highest BCUT2D eigenvalue weighted by atomic mass is 16.5. The summed E-state index contributed by atoms with van der Waals surface area (Å²) in [5, 5.41) is 3.27. The Hall–Kier alpha value is -1.16. The Morgan fingerprint density at radius 1 is 1.11 bits per heavy atom. The fourth-order valence-corrected chi connectivity index (χ4v) is 1.80. The maximum absolute atomic E-state index is 5.76. The van der Waals surface area contributed by atoms with Crippen molar-refractivity contribution >= 4 is 5.82 Å². The Kier molecular flexibility index (Phi) is 4.91. The summed E-state index contributed by atoms with van der Waals surface area (Å²) in [5.41, 5.74) is 0.547. The number of anilines is 1. The Morgan fingerprint density at radius 3 is 2.21 bits per heavy atom. The quantitative estimate of drug-likeness (QED) is 0.885. The van der Waals surface area contributed by atoms with Crippen LogP contribution in [0.3, 0.4) is 0 Å². The van der Waals surface area contributed by atoms with E-state index in [1.807, 2.05) is 26.8 Å². The molecule has 1 N–H and O–H groups in total. The fourth-order valence-electron chi connectivity index (χ4n) is 1.80. The first-order valence-electron chi connectivity index (χ1n) is 6.98. The minimum absolute atomic E-state index is 0.00977. The second-order valence-corrected chi connectivity index (χ2v) is 6.19. The van der Waals surface area contributed by atoms with Crippen LogP contribution in [-0.2, 0) is 15.8 Å². The number of nitrogens with zero attached hydrogens (tertiary/aromatic N) is 2. The molecule has 0 aliphatic rings. The molecule has 1 rings (SSSR count). The van der Waals surface area contributed by atoms with Crippen molar-refractivity contribution < 1.29 is 4.74 Å². The second-order valence-electron chi connectivity index (χ2n) is 6.19. The van der Waals surface area contributed by atoms with Crippen LogP contribution in [0.4, 0.5) is 5.82 Å². The van der Waals surface area contributed by atoms with Gasteiger partial charge in [0, 0.05) is 24.6 Å². The smallest absolute Gasteiger partial charge is 0.162 e. The molecule has 19 heavy (non-hydrogen) atoms. The van der Waals surface area contributed by atoms with Gasteiger partial charge in [-0.15, -0.1) is 0 Å². The van der Waals surface area contributed by atoms with E-state index < -0.39 is 5.60 Å². The summed E-state index contributed by atoms with van der Waals surface area (Å²) >= 11 is 0. The predicted molar refractivity (Wildman–Crippen MR) is 79.5 cm³/mol. The van der Waals surface area contributed by atoms with Crippen LogP contribution in [0.25, 0.3) is 0 Å². The third kappa shape index (κ3) is 4.16. The van der Waals surface area contributed by atoms with Gasteiger partial charge in [0.05, 0.1) is 5.69 Å². The lowest BCUT2D eigenvalue weighted by molar-refractivity contribution is -0.0209. The van der Waals surface area contributed by atoms with E-state index in [0.29, 0.717) is 6.61 Å². The summed E-state index contributed by atoms with van der Waals surface area (Å²) in [5.74, 6) is 1.60. The van der Waals surface area contributed by atoms with Gasteiger partial charge < -0.3 is 10.1 Å². The fraction of sp³-hybridized carbons (Fsp3) is 0.733. The average Bonchev–Trinajstić information content (AvgIpc) is 2.28. The zero-order chi connectivity index (χ0) is 14.7. The number of rotatable bonds is 5. The first-order chi connectivity index (χ1) is 8.70. The molecule has 4 heteroatoms. The van der Waals surface area contributed by atoms with Gasteiger partial charge in [-0.1, -0.05) is 20.8 Å². The molecule has 0 bridgehead atoms. The highest BCUT2D eigenvalue weighted by Crippen LogP contribution is 2.27. The molecule has 0 radical (unpaired) electrons. The van der Waals surface area contributed by atoms with Gasteiger partial charge in [-0.05, 0) is 27.7 Å². The van der Waals surface area contributed by atoms with E-state index in [1.54, 1.807) is 0 Å². The minimum atomic E-state index is -0.472. The number of nitrogens with one attached hydrogen (secondary N) is 1. The van der Waals surface area contributed by atoms with Crippen LogP contribution in [0, 0.1) is 0 Å². The van der Waals surface area contributed by atoms with Crippen molar-refractivity contribution in [2.45, 2.75) is 59.5 Å². The van der Waals surface area contributed by atoms with Gasteiger partial charge in [0.25, 0.3) is 0 Å². The average molecular weight is 265 g/mol. The van der Waals surface area contributed by atoms with Gasteiger partial charge in [-0.3, -0.25) is 0 Å². The zero-order valence-corrected chi connectivity index (χ0v) is 13.3. The minimum Gasteiger partial charge on any atom is -0.370 e. The summed E-state index contributed by atoms with van der Waals surface area (Å²) < 4.78 is 5.76. The van der Waals surface area contributed by atoms with Gasteiger partial charge in [-0.2, -0.15) is 0 Å². The lowest BCUT2D eigenvalue weighted by Crippen LogP contribution is -2.27. The lowest BCUT2D eigenvalue weighted by atomic mass is 9.91. The molecule has 4 nitrogen and oxygen atoms in total. The van der Waals surface area contributed by atoms with Crippen LogP contribution < -0.4 is 5.32 Å². The van der Waals surface area contributed by atoms with Gasteiger partial charge in [0.1, 0.15) is 11.4 Å². The monoisotopic (exact) mass is 265 g/mol. The van der Waals surface area contributed by atoms with Gasteiger partial charge >= 0.3 is 0 Å². The molecule has 0 spiro atoms. The second kappa shape index (κ2) is 5.87. The van der Waals surface area contributed by atoms with E-state index in [4.69, 9.17) is 9.72 Å². The van der Waals surface area contributed by atoms with Crippen LogP contribution >= 0.6 is 0 Å². The van der Waals surface area contributed by atoms with Crippen LogP contribution in [0.15, 0.2) is 6.07 Å². The molecule has 1 aromatic heterocycles. The molecule has 0 atom stereocenters. The lowest BCUT2D eigenvalue weighted by Gasteiger charge is -2.26. The third-order valence-corrected chi connectivity index (χ3v) is 2.90. The van der Waals surface area contributed by atoms with Gasteiger partial charge in [0.2, 0.25) is 0 Å². The standard InChI is InChI=1S/C15H27N3O/c1-8-16-12-10-11(14(3,4)5)17-13(18-12)15(6,7)19-9-2/h10H,8-9H2,1-7H3,(H,16,17,18). The van der Waals surface area contributed by atoms with Crippen molar-refractivity contribution in [1.82, 2.24) is 9.97 Å². The highest BCUT2D eigenvalue weighted by molar-refractivity contribution is 5.38. The summed E-state index contributed by atoms with van der Waals surface area (Å²) in [4.78, 5) is 9.28. The van der Waals surface area contributed by atoms with Crippen molar-refractivity contribution in [2.75, 3.05) is 18.5 Å². The number of hydrogen-bond donors (Lipinski definition) is 1. The maximum atomic E-state index is 5.76. The summed E-state index contributed by atoms with van der Waals surface area (Å²) in [6.45, 7) is 16.0. The SMILES string of the molecule is CCNc1cc(C(C)(C)C)nc(C(C)(C)OCC)n1.